The standard InChI is InChI=1S/C20H19FN2O5/c21-14-6-8-15(9-7-14)27-12-3-13-28-20(26)18-16-4-1-2-5-17(16)19(25)23(22-18)10-11-24/h1-2,4-9,24H,3,10-13H2. The van der Waals surface area contributed by atoms with Crippen LogP contribution in [0.25, 0.3) is 10.8 Å². The third-order valence-corrected chi connectivity index (χ3v) is 3.98. The molecule has 2 aromatic carbocycles. The molecule has 0 spiro atoms. The molecule has 0 aliphatic rings. The van der Waals surface area contributed by atoms with Crippen LogP contribution >= 0.6 is 0 Å². The second kappa shape index (κ2) is 9.09. The number of nitrogens with zero attached hydrogens (tertiary/aromatic N) is 2. The summed E-state index contributed by atoms with van der Waals surface area (Å²) in [7, 11) is 0. The van der Waals surface area contributed by atoms with Gasteiger partial charge in [-0.3, -0.25) is 4.79 Å². The van der Waals surface area contributed by atoms with Crippen molar-refractivity contribution < 1.29 is 23.8 Å². The van der Waals surface area contributed by atoms with Gasteiger partial charge in [0.15, 0.2) is 5.69 Å². The summed E-state index contributed by atoms with van der Waals surface area (Å²) >= 11 is 0. The molecule has 1 N–H and O–H groups in total. The summed E-state index contributed by atoms with van der Waals surface area (Å²) in [6.07, 6.45) is 0.428. The zero-order valence-corrected chi connectivity index (χ0v) is 15.0. The SMILES string of the molecule is O=C(OCCCOc1ccc(F)cc1)c1nn(CCO)c(=O)c2ccccc12. The molecule has 0 radical (unpaired) electrons. The number of carbonyl (C=O) groups is 1. The topological polar surface area (TPSA) is 90.7 Å². The summed E-state index contributed by atoms with van der Waals surface area (Å²) in [5.74, 6) is -0.482. The lowest BCUT2D eigenvalue weighted by Crippen LogP contribution is -2.27. The van der Waals surface area contributed by atoms with E-state index in [-0.39, 0.29) is 43.4 Å². The molecule has 0 saturated carbocycles. The van der Waals surface area contributed by atoms with Crippen LogP contribution in [-0.2, 0) is 11.3 Å². The molecule has 3 aromatic rings. The normalized spacial score (nSPS) is 10.8. The number of esters is 1. The number of fused-ring (bicyclic) bond motifs is 1. The van der Waals surface area contributed by atoms with Crippen molar-refractivity contribution in [3.05, 3.63) is 70.4 Å². The summed E-state index contributed by atoms with van der Waals surface area (Å²) in [6.45, 7) is 0.0855. The number of rotatable bonds is 8. The molecule has 1 aromatic heterocycles. The van der Waals surface area contributed by atoms with E-state index in [1.807, 2.05) is 0 Å². The van der Waals surface area contributed by atoms with Gasteiger partial charge in [0.25, 0.3) is 5.56 Å². The number of aromatic nitrogens is 2. The average molecular weight is 386 g/mol. The first kappa shape index (κ1) is 19.5. The fourth-order valence-electron chi connectivity index (χ4n) is 2.65. The van der Waals surface area contributed by atoms with Gasteiger partial charge in [0.2, 0.25) is 0 Å². The molecule has 7 nitrogen and oxygen atoms in total. The number of hydrogen-bond donors (Lipinski definition) is 1. The predicted octanol–water partition coefficient (Wildman–Crippen LogP) is 2.15. The van der Waals surface area contributed by atoms with Crippen LogP contribution in [0.1, 0.15) is 16.9 Å². The molecule has 0 atom stereocenters. The number of aliphatic hydroxyl groups excluding tert-OH is 1. The Morgan fingerprint density at radius 2 is 1.79 bits per heavy atom. The van der Waals surface area contributed by atoms with E-state index in [0.29, 0.717) is 22.9 Å². The Labute approximate surface area is 159 Å². The van der Waals surface area contributed by atoms with Gasteiger partial charge in [-0.1, -0.05) is 18.2 Å². The highest BCUT2D eigenvalue weighted by atomic mass is 19.1. The molecule has 0 saturated heterocycles. The van der Waals surface area contributed by atoms with Gasteiger partial charge in [0.05, 0.1) is 31.8 Å². The van der Waals surface area contributed by atoms with Crippen LogP contribution < -0.4 is 10.3 Å². The van der Waals surface area contributed by atoms with Crippen molar-refractivity contribution in [2.75, 3.05) is 19.8 Å². The molecule has 3 rings (SSSR count). The Hall–Kier alpha value is -3.26. The molecule has 0 bridgehead atoms. The first-order valence-electron chi connectivity index (χ1n) is 8.76. The molecule has 146 valence electrons. The van der Waals surface area contributed by atoms with E-state index in [1.165, 1.54) is 24.3 Å². The van der Waals surface area contributed by atoms with Crippen LogP contribution in [0.5, 0.6) is 5.75 Å². The summed E-state index contributed by atoms with van der Waals surface area (Å²) < 4.78 is 24.6. The van der Waals surface area contributed by atoms with E-state index < -0.39 is 5.97 Å². The molecule has 28 heavy (non-hydrogen) atoms. The molecule has 0 aliphatic carbocycles. The largest absolute Gasteiger partial charge is 0.493 e. The van der Waals surface area contributed by atoms with Crippen molar-refractivity contribution in [1.82, 2.24) is 9.78 Å². The van der Waals surface area contributed by atoms with E-state index in [4.69, 9.17) is 14.6 Å². The summed E-state index contributed by atoms with van der Waals surface area (Å²) in [6, 6.07) is 12.2. The average Bonchev–Trinajstić information content (AvgIpc) is 2.71. The van der Waals surface area contributed by atoms with Gasteiger partial charge >= 0.3 is 5.97 Å². The first-order valence-corrected chi connectivity index (χ1v) is 8.76. The Kier molecular flexibility index (Phi) is 6.33. The maximum Gasteiger partial charge on any atom is 0.359 e. The third kappa shape index (κ3) is 4.52. The van der Waals surface area contributed by atoms with Gasteiger partial charge < -0.3 is 14.6 Å². The minimum atomic E-state index is -0.662. The van der Waals surface area contributed by atoms with Crippen molar-refractivity contribution in [2.24, 2.45) is 0 Å². The van der Waals surface area contributed by atoms with Gasteiger partial charge in [0.1, 0.15) is 11.6 Å². The highest BCUT2D eigenvalue weighted by Gasteiger charge is 2.17. The van der Waals surface area contributed by atoms with E-state index in [9.17, 15) is 14.0 Å². The van der Waals surface area contributed by atoms with Crippen LogP contribution in [0.3, 0.4) is 0 Å². The predicted molar refractivity (Wildman–Crippen MR) is 99.9 cm³/mol. The highest BCUT2D eigenvalue weighted by Crippen LogP contribution is 2.15. The fraction of sp³-hybridized carbons (Fsp3) is 0.250. The Bertz CT molecular complexity index is 1020. The van der Waals surface area contributed by atoms with Crippen molar-refractivity contribution in [2.45, 2.75) is 13.0 Å². The number of halogens is 1. The quantitative estimate of drug-likeness (QED) is 0.471. The molecule has 0 aliphatic heterocycles. The lowest BCUT2D eigenvalue weighted by atomic mass is 10.1. The van der Waals surface area contributed by atoms with E-state index in [0.717, 1.165) is 4.68 Å². The number of carbonyl (C=O) groups excluding carboxylic acids is 1. The number of ether oxygens (including phenoxy) is 2. The second-order valence-electron chi connectivity index (χ2n) is 5.94. The number of aliphatic hydroxyl groups is 1. The van der Waals surface area contributed by atoms with E-state index in [1.54, 1.807) is 24.3 Å². The Balaban J connectivity index is 1.63. The smallest absolute Gasteiger partial charge is 0.359 e. The Morgan fingerprint density at radius 1 is 1.07 bits per heavy atom. The van der Waals surface area contributed by atoms with Gasteiger partial charge in [0, 0.05) is 11.8 Å². The van der Waals surface area contributed by atoms with Crippen LogP contribution in [0, 0.1) is 5.82 Å². The van der Waals surface area contributed by atoms with Crippen molar-refractivity contribution in [1.29, 1.82) is 0 Å². The summed E-state index contributed by atoms with van der Waals surface area (Å²) in [5.41, 5.74) is -0.364. The van der Waals surface area contributed by atoms with Crippen LogP contribution in [0.15, 0.2) is 53.3 Å². The molecule has 8 heteroatoms. The molecule has 0 unspecified atom stereocenters. The van der Waals surface area contributed by atoms with Crippen molar-refractivity contribution in [3.63, 3.8) is 0 Å². The van der Waals surface area contributed by atoms with Crippen LogP contribution in [0.4, 0.5) is 4.39 Å². The third-order valence-electron chi connectivity index (χ3n) is 3.98. The number of hydrogen-bond acceptors (Lipinski definition) is 6. The van der Waals surface area contributed by atoms with Gasteiger partial charge in [-0.05, 0) is 30.3 Å². The van der Waals surface area contributed by atoms with Crippen molar-refractivity contribution >= 4 is 16.7 Å². The molecular weight excluding hydrogens is 367 g/mol. The van der Waals surface area contributed by atoms with E-state index in [2.05, 4.69) is 5.10 Å². The highest BCUT2D eigenvalue weighted by molar-refractivity contribution is 6.02. The van der Waals surface area contributed by atoms with Gasteiger partial charge in [-0.25, -0.2) is 13.9 Å². The summed E-state index contributed by atoms with van der Waals surface area (Å²) in [5, 5.41) is 13.9. The van der Waals surface area contributed by atoms with Crippen LogP contribution in [0.2, 0.25) is 0 Å². The molecular formula is C20H19FN2O5. The van der Waals surface area contributed by atoms with Gasteiger partial charge in [-0.15, -0.1) is 0 Å². The lowest BCUT2D eigenvalue weighted by Gasteiger charge is -2.10. The summed E-state index contributed by atoms with van der Waals surface area (Å²) in [4.78, 5) is 24.8. The van der Waals surface area contributed by atoms with Gasteiger partial charge in [-0.2, -0.15) is 5.10 Å². The zero-order chi connectivity index (χ0) is 19.9. The minimum absolute atomic E-state index is 0.0168. The molecule has 0 fully saturated rings. The minimum Gasteiger partial charge on any atom is -0.493 e. The van der Waals surface area contributed by atoms with E-state index >= 15 is 0 Å². The maximum absolute atomic E-state index is 12.8. The first-order chi connectivity index (χ1) is 13.6. The molecule has 1 heterocycles. The Morgan fingerprint density at radius 3 is 2.50 bits per heavy atom. The van der Waals surface area contributed by atoms with Crippen LogP contribution in [-0.4, -0.2) is 40.7 Å². The fourth-order valence-corrected chi connectivity index (χ4v) is 2.65. The molecule has 0 amide bonds. The maximum atomic E-state index is 12.8. The monoisotopic (exact) mass is 386 g/mol. The zero-order valence-electron chi connectivity index (χ0n) is 15.0. The second-order valence-corrected chi connectivity index (χ2v) is 5.94. The lowest BCUT2D eigenvalue weighted by molar-refractivity contribution is 0.0478. The van der Waals surface area contributed by atoms with Crippen molar-refractivity contribution in [3.8, 4) is 5.75 Å². The number of benzene rings is 2.